The van der Waals surface area contributed by atoms with E-state index in [9.17, 15) is 4.39 Å². The molecule has 3 heteroatoms. The summed E-state index contributed by atoms with van der Waals surface area (Å²) >= 11 is 0. The van der Waals surface area contributed by atoms with Gasteiger partial charge in [0.15, 0.2) is 0 Å². The highest BCUT2D eigenvalue weighted by Crippen LogP contribution is 2.28. The van der Waals surface area contributed by atoms with E-state index in [4.69, 9.17) is 0 Å². The summed E-state index contributed by atoms with van der Waals surface area (Å²) < 4.78 is 14.0. The molecule has 0 aliphatic heterocycles. The van der Waals surface area contributed by atoms with Crippen LogP contribution < -0.4 is 5.32 Å². The number of fused-ring (bicyclic) bond motifs is 1. The van der Waals surface area contributed by atoms with Crippen molar-refractivity contribution in [2.45, 2.75) is 6.04 Å². The van der Waals surface area contributed by atoms with Crippen molar-refractivity contribution in [1.82, 2.24) is 10.3 Å². The van der Waals surface area contributed by atoms with Gasteiger partial charge in [-0.15, -0.1) is 0 Å². The highest BCUT2D eigenvalue weighted by atomic mass is 19.1. The van der Waals surface area contributed by atoms with Crippen LogP contribution in [0.4, 0.5) is 4.39 Å². The van der Waals surface area contributed by atoms with Crippen LogP contribution >= 0.6 is 0 Å². The van der Waals surface area contributed by atoms with E-state index in [1.807, 2.05) is 31.3 Å². The number of pyridine rings is 1. The number of hydrogen-bond acceptors (Lipinski definition) is 2. The Morgan fingerprint density at radius 3 is 2.60 bits per heavy atom. The van der Waals surface area contributed by atoms with Crippen molar-refractivity contribution in [2.24, 2.45) is 0 Å². The topological polar surface area (TPSA) is 24.9 Å². The van der Waals surface area contributed by atoms with Crippen molar-refractivity contribution in [1.29, 1.82) is 0 Å². The molecule has 1 heterocycles. The van der Waals surface area contributed by atoms with Crippen LogP contribution in [0.1, 0.15) is 17.3 Å². The van der Waals surface area contributed by atoms with Crippen LogP contribution in [0.2, 0.25) is 0 Å². The van der Waals surface area contributed by atoms with E-state index in [-0.39, 0.29) is 11.9 Å². The van der Waals surface area contributed by atoms with E-state index in [0.717, 1.165) is 16.3 Å². The predicted octanol–water partition coefficient (Wildman–Crippen LogP) is 3.68. The minimum absolute atomic E-state index is 0.262. The van der Waals surface area contributed by atoms with Gasteiger partial charge in [0.1, 0.15) is 5.82 Å². The first-order valence-electron chi connectivity index (χ1n) is 6.56. The van der Waals surface area contributed by atoms with Crippen molar-refractivity contribution < 1.29 is 4.39 Å². The minimum Gasteiger partial charge on any atom is -0.308 e. The fourth-order valence-corrected chi connectivity index (χ4v) is 2.55. The lowest BCUT2D eigenvalue weighted by Gasteiger charge is -2.18. The Bertz CT molecular complexity index is 734. The third kappa shape index (κ3) is 2.17. The molecule has 0 aliphatic rings. The molecule has 0 saturated carbocycles. The Labute approximate surface area is 117 Å². The standard InChI is InChI=1S/C17H15FN2/c1-19-16(17-15(18)10-5-11-20-17)14-9-4-7-12-6-2-3-8-13(12)14/h2-11,16,19H,1H3. The van der Waals surface area contributed by atoms with Crippen LogP contribution in [0.3, 0.4) is 0 Å². The van der Waals surface area contributed by atoms with Crippen LogP contribution in [-0.4, -0.2) is 12.0 Å². The summed E-state index contributed by atoms with van der Waals surface area (Å²) in [5.41, 5.74) is 1.45. The smallest absolute Gasteiger partial charge is 0.146 e. The maximum atomic E-state index is 14.0. The highest BCUT2D eigenvalue weighted by molar-refractivity contribution is 5.86. The molecule has 20 heavy (non-hydrogen) atoms. The van der Waals surface area contributed by atoms with Gasteiger partial charge in [-0.1, -0.05) is 42.5 Å². The molecular weight excluding hydrogens is 251 g/mol. The molecule has 0 amide bonds. The first-order valence-corrected chi connectivity index (χ1v) is 6.56. The second-order valence-corrected chi connectivity index (χ2v) is 4.66. The van der Waals surface area contributed by atoms with Gasteiger partial charge in [-0.3, -0.25) is 4.98 Å². The van der Waals surface area contributed by atoms with Gasteiger partial charge in [-0.25, -0.2) is 4.39 Å². The Morgan fingerprint density at radius 2 is 1.80 bits per heavy atom. The van der Waals surface area contributed by atoms with Gasteiger partial charge in [0, 0.05) is 6.20 Å². The van der Waals surface area contributed by atoms with E-state index in [0.29, 0.717) is 5.69 Å². The van der Waals surface area contributed by atoms with Crippen LogP contribution in [0.5, 0.6) is 0 Å². The van der Waals surface area contributed by atoms with Crippen LogP contribution in [0.25, 0.3) is 10.8 Å². The van der Waals surface area contributed by atoms with Crippen LogP contribution in [0.15, 0.2) is 60.8 Å². The second kappa shape index (κ2) is 5.39. The number of nitrogens with zero attached hydrogens (tertiary/aromatic N) is 1. The van der Waals surface area contributed by atoms with Crippen molar-refractivity contribution in [3.05, 3.63) is 77.9 Å². The molecule has 0 saturated heterocycles. The molecule has 0 bridgehead atoms. The molecule has 1 unspecified atom stereocenters. The van der Waals surface area contributed by atoms with Crippen LogP contribution in [0, 0.1) is 5.82 Å². The lowest BCUT2D eigenvalue weighted by molar-refractivity contribution is 0.561. The monoisotopic (exact) mass is 266 g/mol. The quantitative estimate of drug-likeness (QED) is 0.782. The van der Waals surface area contributed by atoms with E-state index < -0.39 is 0 Å². The first-order chi connectivity index (χ1) is 9.81. The second-order valence-electron chi connectivity index (χ2n) is 4.66. The van der Waals surface area contributed by atoms with Gasteiger partial charge in [-0.2, -0.15) is 0 Å². The van der Waals surface area contributed by atoms with Gasteiger partial charge in [0.2, 0.25) is 0 Å². The van der Waals surface area contributed by atoms with E-state index in [1.54, 1.807) is 12.3 Å². The summed E-state index contributed by atoms with van der Waals surface area (Å²) in [7, 11) is 1.82. The van der Waals surface area contributed by atoms with Gasteiger partial charge in [-0.05, 0) is 35.5 Å². The number of hydrogen-bond donors (Lipinski definition) is 1. The highest BCUT2D eigenvalue weighted by Gasteiger charge is 2.19. The number of halogens is 1. The molecule has 1 N–H and O–H groups in total. The third-order valence-electron chi connectivity index (χ3n) is 3.48. The Kier molecular flexibility index (Phi) is 3.44. The summed E-state index contributed by atoms with van der Waals surface area (Å²) in [5, 5.41) is 5.42. The van der Waals surface area contributed by atoms with Gasteiger partial charge in [0.25, 0.3) is 0 Å². The molecule has 3 rings (SSSR count). The normalized spacial score (nSPS) is 12.5. The molecule has 100 valence electrons. The summed E-state index contributed by atoms with van der Waals surface area (Å²) in [5.74, 6) is -0.292. The number of aromatic nitrogens is 1. The van der Waals surface area contributed by atoms with E-state index >= 15 is 0 Å². The summed E-state index contributed by atoms with van der Waals surface area (Å²) in [6.07, 6.45) is 1.62. The van der Waals surface area contributed by atoms with Crippen molar-refractivity contribution in [3.8, 4) is 0 Å². The maximum absolute atomic E-state index is 14.0. The average molecular weight is 266 g/mol. The summed E-state index contributed by atoms with van der Waals surface area (Å²) in [6, 6.07) is 16.9. The summed E-state index contributed by atoms with van der Waals surface area (Å²) in [6.45, 7) is 0. The van der Waals surface area contributed by atoms with Gasteiger partial charge >= 0.3 is 0 Å². The van der Waals surface area contributed by atoms with Gasteiger partial charge in [0.05, 0.1) is 11.7 Å². The lowest BCUT2D eigenvalue weighted by Crippen LogP contribution is -2.20. The van der Waals surface area contributed by atoms with Crippen molar-refractivity contribution >= 4 is 10.8 Å². The summed E-state index contributed by atoms with van der Waals surface area (Å²) in [4.78, 5) is 4.20. The fraction of sp³-hybridized carbons (Fsp3) is 0.118. The number of benzene rings is 2. The molecule has 2 nitrogen and oxygen atoms in total. The molecule has 0 spiro atoms. The predicted molar refractivity (Wildman–Crippen MR) is 79.0 cm³/mol. The minimum atomic E-state index is -0.292. The number of nitrogens with one attached hydrogen (secondary N) is 1. The zero-order chi connectivity index (χ0) is 13.9. The Balaban J connectivity index is 2.20. The molecule has 0 fully saturated rings. The van der Waals surface area contributed by atoms with Crippen molar-refractivity contribution in [2.75, 3.05) is 7.05 Å². The fourth-order valence-electron chi connectivity index (χ4n) is 2.55. The molecule has 0 aliphatic carbocycles. The molecular formula is C17H15FN2. The van der Waals surface area contributed by atoms with E-state index in [2.05, 4.69) is 28.5 Å². The Hall–Kier alpha value is -2.26. The molecule has 0 radical (unpaired) electrons. The first kappa shape index (κ1) is 12.8. The number of rotatable bonds is 3. The largest absolute Gasteiger partial charge is 0.308 e. The van der Waals surface area contributed by atoms with Crippen LogP contribution in [-0.2, 0) is 0 Å². The Morgan fingerprint density at radius 1 is 1.00 bits per heavy atom. The molecule has 1 atom stereocenters. The average Bonchev–Trinajstić information content (AvgIpc) is 2.50. The molecule has 3 aromatic rings. The maximum Gasteiger partial charge on any atom is 0.146 e. The van der Waals surface area contributed by atoms with Crippen molar-refractivity contribution in [3.63, 3.8) is 0 Å². The molecule has 2 aromatic carbocycles. The zero-order valence-electron chi connectivity index (χ0n) is 11.2. The lowest BCUT2D eigenvalue weighted by atomic mass is 9.96. The zero-order valence-corrected chi connectivity index (χ0v) is 11.2. The van der Waals surface area contributed by atoms with E-state index in [1.165, 1.54) is 6.07 Å². The van der Waals surface area contributed by atoms with Gasteiger partial charge < -0.3 is 5.32 Å². The third-order valence-corrected chi connectivity index (χ3v) is 3.48. The molecule has 1 aromatic heterocycles. The SMILES string of the molecule is CNC(c1ncccc1F)c1cccc2ccccc12.